The molecule has 0 saturated heterocycles. The van der Waals surface area contributed by atoms with E-state index in [1.807, 2.05) is 12.1 Å². The Morgan fingerprint density at radius 1 is 1.04 bits per heavy atom. The average molecular weight is 369 g/mol. The fraction of sp³-hybridized carbons (Fsp3) is 0.200. The van der Waals surface area contributed by atoms with Crippen LogP contribution in [0.25, 0.3) is 11.0 Å². The Labute approximate surface area is 155 Å². The molecule has 0 bridgehead atoms. The predicted molar refractivity (Wildman–Crippen MR) is 99.3 cm³/mol. The van der Waals surface area contributed by atoms with Gasteiger partial charge in [0.2, 0.25) is 5.76 Å². The molecule has 1 heterocycles. The summed E-state index contributed by atoms with van der Waals surface area (Å²) in [4.78, 5) is 24.7. The fourth-order valence-electron chi connectivity index (χ4n) is 2.50. The van der Waals surface area contributed by atoms with Crippen LogP contribution in [0.4, 0.5) is 5.69 Å². The molecule has 0 saturated carbocycles. The van der Waals surface area contributed by atoms with Crippen LogP contribution in [0.3, 0.4) is 0 Å². The summed E-state index contributed by atoms with van der Waals surface area (Å²) in [5, 5.41) is 3.45. The van der Waals surface area contributed by atoms with Gasteiger partial charge in [0.25, 0.3) is 5.91 Å². The van der Waals surface area contributed by atoms with E-state index in [4.69, 9.17) is 18.6 Å². The molecule has 0 fully saturated rings. The maximum absolute atomic E-state index is 12.4. The van der Waals surface area contributed by atoms with Gasteiger partial charge in [0.1, 0.15) is 17.1 Å². The molecule has 3 rings (SSSR count). The summed E-state index contributed by atoms with van der Waals surface area (Å²) in [6, 6.07) is 13.8. The molecule has 27 heavy (non-hydrogen) atoms. The van der Waals surface area contributed by atoms with Gasteiger partial charge in [-0.15, -0.1) is 0 Å². The van der Waals surface area contributed by atoms with Crippen LogP contribution in [-0.4, -0.2) is 32.2 Å². The Bertz CT molecular complexity index is 945. The van der Waals surface area contributed by atoms with Crippen LogP contribution in [0.15, 0.2) is 52.9 Å². The molecule has 7 heteroatoms. The molecule has 1 N–H and O–H groups in total. The Hall–Kier alpha value is -3.48. The van der Waals surface area contributed by atoms with Crippen LogP contribution in [0.5, 0.6) is 11.5 Å². The molecule has 3 aromatic rings. The number of amides is 1. The molecule has 0 radical (unpaired) electrons. The molecule has 140 valence electrons. The highest BCUT2D eigenvalue weighted by Gasteiger charge is 2.22. The van der Waals surface area contributed by atoms with Crippen molar-refractivity contribution >= 4 is 28.5 Å². The highest BCUT2D eigenvalue weighted by molar-refractivity contribution is 5.98. The Kier molecular flexibility index (Phi) is 5.30. The highest BCUT2D eigenvalue weighted by Crippen LogP contribution is 2.29. The minimum absolute atomic E-state index is 0.0369. The summed E-state index contributed by atoms with van der Waals surface area (Å²) in [5.41, 5.74) is 0.983. The van der Waals surface area contributed by atoms with E-state index in [1.165, 1.54) is 21.1 Å². The number of nitrogens with one attached hydrogen (secondary N) is 1. The van der Waals surface area contributed by atoms with Crippen molar-refractivity contribution in [2.45, 2.75) is 13.0 Å². The number of para-hydroxylation sites is 1. The monoisotopic (exact) mass is 369 g/mol. The number of carbonyl (C=O) groups is 2. The van der Waals surface area contributed by atoms with Crippen molar-refractivity contribution in [3.05, 3.63) is 54.3 Å². The first-order valence-electron chi connectivity index (χ1n) is 8.24. The van der Waals surface area contributed by atoms with E-state index >= 15 is 0 Å². The molecule has 1 aromatic heterocycles. The van der Waals surface area contributed by atoms with Gasteiger partial charge in [0, 0.05) is 11.5 Å². The molecular weight excluding hydrogens is 350 g/mol. The van der Waals surface area contributed by atoms with Crippen LogP contribution in [0.2, 0.25) is 0 Å². The number of ether oxygens (including phenoxy) is 3. The van der Waals surface area contributed by atoms with Crippen molar-refractivity contribution in [3.63, 3.8) is 0 Å². The topological polar surface area (TPSA) is 87.0 Å². The van der Waals surface area contributed by atoms with Crippen LogP contribution >= 0.6 is 0 Å². The lowest BCUT2D eigenvalue weighted by atomic mass is 10.2. The molecule has 7 nitrogen and oxygen atoms in total. The number of rotatable bonds is 6. The molecule has 1 amide bonds. The number of hydrogen-bond donors (Lipinski definition) is 1. The number of furan rings is 1. The van der Waals surface area contributed by atoms with Gasteiger partial charge in [-0.1, -0.05) is 18.2 Å². The largest absolute Gasteiger partial charge is 0.497 e. The maximum Gasteiger partial charge on any atom is 0.375 e. The summed E-state index contributed by atoms with van der Waals surface area (Å²) in [5.74, 6) is -0.176. The van der Waals surface area contributed by atoms with Gasteiger partial charge in [-0.25, -0.2) is 4.79 Å². The Balaban J connectivity index is 1.69. The quantitative estimate of drug-likeness (QED) is 0.668. The minimum atomic E-state index is -1.04. The zero-order chi connectivity index (χ0) is 19.4. The smallest absolute Gasteiger partial charge is 0.375 e. The van der Waals surface area contributed by atoms with Crippen LogP contribution in [-0.2, 0) is 9.53 Å². The third kappa shape index (κ3) is 4.03. The number of fused-ring (bicyclic) bond motifs is 1. The molecule has 0 aliphatic heterocycles. The van der Waals surface area contributed by atoms with Crippen LogP contribution in [0, 0.1) is 0 Å². The van der Waals surface area contributed by atoms with Gasteiger partial charge in [-0.05, 0) is 31.2 Å². The fourth-order valence-corrected chi connectivity index (χ4v) is 2.50. The summed E-state index contributed by atoms with van der Waals surface area (Å²) >= 11 is 0. The second-order valence-electron chi connectivity index (χ2n) is 5.75. The maximum atomic E-state index is 12.4. The zero-order valence-electron chi connectivity index (χ0n) is 15.1. The second-order valence-corrected chi connectivity index (χ2v) is 5.75. The van der Waals surface area contributed by atoms with Gasteiger partial charge >= 0.3 is 5.97 Å². The lowest BCUT2D eigenvalue weighted by Gasteiger charge is -2.15. The third-order valence-corrected chi connectivity index (χ3v) is 3.94. The van der Waals surface area contributed by atoms with E-state index in [9.17, 15) is 9.59 Å². The molecule has 1 unspecified atom stereocenters. The first-order valence-corrected chi connectivity index (χ1v) is 8.24. The van der Waals surface area contributed by atoms with Crippen molar-refractivity contribution in [1.29, 1.82) is 0 Å². The standard InChI is InChI=1S/C20H19NO6/c1-12(19(22)21-15-11-14(24-2)8-9-17(15)25-3)26-20(23)18-10-13-6-4-5-7-16(13)27-18/h4-12H,1-3H3,(H,21,22). The second kappa shape index (κ2) is 7.82. The average Bonchev–Trinajstić information content (AvgIpc) is 3.12. The summed E-state index contributed by atoms with van der Waals surface area (Å²) in [6.07, 6.45) is -1.04. The number of anilines is 1. The number of benzene rings is 2. The van der Waals surface area contributed by atoms with E-state index in [2.05, 4.69) is 5.32 Å². The van der Waals surface area contributed by atoms with E-state index in [-0.39, 0.29) is 5.76 Å². The Morgan fingerprint density at radius 2 is 1.81 bits per heavy atom. The third-order valence-electron chi connectivity index (χ3n) is 3.94. The minimum Gasteiger partial charge on any atom is -0.497 e. The lowest BCUT2D eigenvalue weighted by molar-refractivity contribution is -0.123. The van der Waals surface area contributed by atoms with Crippen molar-refractivity contribution in [2.24, 2.45) is 0 Å². The van der Waals surface area contributed by atoms with Crippen molar-refractivity contribution in [2.75, 3.05) is 19.5 Å². The van der Waals surface area contributed by atoms with E-state index in [0.29, 0.717) is 22.8 Å². The SMILES string of the molecule is COc1ccc(OC)c(NC(=O)C(C)OC(=O)c2cc3ccccc3o2)c1. The first-order chi connectivity index (χ1) is 13.0. The van der Waals surface area contributed by atoms with Crippen LogP contribution < -0.4 is 14.8 Å². The molecule has 1 atom stereocenters. The number of hydrogen-bond acceptors (Lipinski definition) is 6. The van der Waals surface area contributed by atoms with E-state index < -0.39 is 18.0 Å². The molecule has 0 aliphatic rings. The van der Waals surface area contributed by atoms with Gasteiger partial charge < -0.3 is 23.9 Å². The summed E-state index contributed by atoms with van der Waals surface area (Å²) in [7, 11) is 3.01. The molecule has 2 aromatic carbocycles. The molecular formula is C20H19NO6. The predicted octanol–water partition coefficient (Wildman–Crippen LogP) is 3.63. The number of esters is 1. The first kappa shape index (κ1) is 18.3. The molecule has 0 spiro atoms. The van der Waals surface area contributed by atoms with Gasteiger partial charge in [-0.2, -0.15) is 0 Å². The zero-order valence-corrected chi connectivity index (χ0v) is 15.1. The van der Waals surface area contributed by atoms with Gasteiger partial charge in [0.15, 0.2) is 6.10 Å². The summed E-state index contributed by atoms with van der Waals surface area (Å²) < 4.78 is 21.0. The van der Waals surface area contributed by atoms with Gasteiger partial charge in [-0.3, -0.25) is 4.79 Å². The number of methoxy groups -OCH3 is 2. The van der Waals surface area contributed by atoms with E-state index in [1.54, 1.807) is 36.4 Å². The van der Waals surface area contributed by atoms with E-state index in [0.717, 1.165) is 5.39 Å². The van der Waals surface area contributed by atoms with Crippen molar-refractivity contribution < 1.29 is 28.2 Å². The lowest BCUT2D eigenvalue weighted by Crippen LogP contribution is -2.30. The molecule has 0 aliphatic carbocycles. The number of carbonyl (C=O) groups excluding carboxylic acids is 2. The van der Waals surface area contributed by atoms with Crippen molar-refractivity contribution in [3.8, 4) is 11.5 Å². The van der Waals surface area contributed by atoms with Crippen molar-refractivity contribution in [1.82, 2.24) is 0 Å². The normalized spacial score (nSPS) is 11.7. The van der Waals surface area contributed by atoms with Gasteiger partial charge in [0.05, 0.1) is 19.9 Å². The summed E-state index contributed by atoms with van der Waals surface area (Å²) in [6.45, 7) is 1.47. The highest BCUT2D eigenvalue weighted by atomic mass is 16.6. The Morgan fingerprint density at radius 3 is 2.52 bits per heavy atom. The van der Waals surface area contributed by atoms with Crippen LogP contribution in [0.1, 0.15) is 17.5 Å².